The van der Waals surface area contributed by atoms with Crippen LogP contribution in [-0.4, -0.2) is 113 Å². The molecule has 4 saturated heterocycles. The Labute approximate surface area is 403 Å². The number of piperazine rings is 1. The molecule has 1 amide bonds. The molecule has 13 nitrogen and oxygen atoms in total. The number of aromatic nitrogens is 3. The first-order valence-corrected chi connectivity index (χ1v) is 23.9. The van der Waals surface area contributed by atoms with E-state index in [1.807, 2.05) is 58.3 Å². The molecular weight excluding hydrogens is 914 g/mol. The van der Waals surface area contributed by atoms with Crippen molar-refractivity contribution in [1.29, 1.82) is 0 Å². The average molecular weight is 972 g/mol. The maximum absolute atomic E-state index is 18.1. The highest BCUT2D eigenvalue weighted by Crippen LogP contribution is 2.49. The van der Waals surface area contributed by atoms with E-state index < -0.39 is 70.4 Å². The largest absolute Gasteiger partial charge is 0.497 e. The van der Waals surface area contributed by atoms with Crippen molar-refractivity contribution in [2.24, 2.45) is 0 Å². The molecule has 0 radical (unpaired) electrons. The van der Waals surface area contributed by atoms with E-state index in [4.69, 9.17) is 33.7 Å². The van der Waals surface area contributed by atoms with E-state index in [9.17, 15) is 9.18 Å². The predicted octanol–water partition coefficient (Wildman–Crippen LogP) is 10.1. The molecule has 2 aromatic heterocycles. The lowest BCUT2D eigenvalue weighted by atomic mass is 9.95. The molecule has 70 heavy (non-hydrogen) atoms. The van der Waals surface area contributed by atoms with Crippen LogP contribution in [0.1, 0.15) is 82.1 Å². The summed E-state index contributed by atoms with van der Waals surface area (Å²) in [6, 6.07) is 16.0. The maximum atomic E-state index is 18.1. The summed E-state index contributed by atoms with van der Waals surface area (Å²) in [4.78, 5) is 35.9. The Hall–Kier alpha value is -6.17. The Balaban J connectivity index is 1.13. The highest BCUT2D eigenvalue weighted by atomic mass is 19.4. The summed E-state index contributed by atoms with van der Waals surface area (Å²) >= 11 is 0. The first kappa shape index (κ1) is 47.5. The van der Waals surface area contributed by atoms with Crippen LogP contribution in [0.4, 0.5) is 38.3 Å². The van der Waals surface area contributed by atoms with Crippen molar-refractivity contribution in [3.8, 4) is 34.6 Å². The molecule has 0 saturated carbocycles. The number of hydrogen-bond donors (Lipinski definition) is 0. The molecule has 5 aliphatic rings. The van der Waals surface area contributed by atoms with Crippen LogP contribution in [0.15, 0.2) is 60.7 Å². The number of ether oxygens (including phenoxy) is 5. The molecule has 5 aromatic rings. The molecule has 18 heteroatoms. The van der Waals surface area contributed by atoms with Crippen molar-refractivity contribution in [2.75, 3.05) is 50.3 Å². The summed E-state index contributed by atoms with van der Waals surface area (Å²) in [7, 11) is 3.13. The van der Waals surface area contributed by atoms with Gasteiger partial charge in [-0.25, -0.2) is 18.6 Å². The number of pyridine rings is 1. The predicted molar refractivity (Wildman–Crippen MR) is 253 cm³/mol. The van der Waals surface area contributed by atoms with Gasteiger partial charge in [0.1, 0.15) is 58.4 Å². The van der Waals surface area contributed by atoms with E-state index in [0.29, 0.717) is 43.0 Å². The number of hydrogen-bond acceptors (Lipinski definition) is 12. The normalized spacial score (nSPS) is 24.0. The summed E-state index contributed by atoms with van der Waals surface area (Å²) in [5.74, 6) is 0.231. The quantitative estimate of drug-likeness (QED) is 0.117. The van der Waals surface area contributed by atoms with E-state index in [0.717, 1.165) is 17.5 Å². The molecule has 4 fully saturated rings. The highest BCUT2D eigenvalue weighted by molar-refractivity contribution is 5.98. The molecule has 10 rings (SSSR count). The van der Waals surface area contributed by atoms with Gasteiger partial charge >= 0.3 is 18.3 Å². The molecule has 372 valence electrons. The van der Waals surface area contributed by atoms with Crippen molar-refractivity contribution >= 4 is 28.5 Å². The fourth-order valence-electron chi connectivity index (χ4n) is 11.6. The van der Waals surface area contributed by atoms with Gasteiger partial charge in [-0.1, -0.05) is 24.3 Å². The zero-order valence-electron chi connectivity index (χ0n) is 40.4. The minimum atomic E-state index is -4.95. The molecule has 2 bridgehead atoms. The first-order chi connectivity index (χ1) is 33.3. The number of carbonyl (C=O) groups excluding carboxylic acids is 1. The molecule has 7 heterocycles. The number of aryl methyl sites for hydroxylation is 1. The Bertz CT molecular complexity index is 2740. The van der Waals surface area contributed by atoms with Crippen molar-refractivity contribution in [3.63, 3.8) is 0 Å². The summed E-state index contributed by atoms with van der Waals surface area (Å²) in [5, 5.41) is 0.0699. The van der Waals surface area contributed by atoms with Crippen LogP contribution in [-0.2, 0) is 24.0 Å². The van der Waals surface area contributed by atoms with Gasteiger partial charge in [-0.2, -0.15) is 23.1 Å². The SMILES string of the molecule is COc1ccc(CN(Cc2ccc(OC)cc2)c2cc(C)c(C(F)(F)F)c(-c3nc4c5c(nc(OC[C@@]67CCCN6C[C@H](F)C7)nc5c3F)N3C[C@H]5CC[C@@H]([C@H]3[C@H](C)O4)N5C(=O)OC(C)(C)C)c2)cc1. The average Bonchev–Trinajstić information content (AvgIpc) is 3.92. The van der Waals surface area contributed by atoms with Gasteiger partial charge in [0.25, 0.3) is 0 Å². The third-order valence-corrected chi connectivity index (χ3v) is 14.6. The molecule has 0 spiro atoms. The number of halogens is 5. The van der Waals surface area contributed by atoms with Crippen molar-refractivity contribution in [3.05, 3.63) is 88.7 Å². The first-order valence-electron chi connectivity index (χ1n) is 23.9. The van der Waals surface area contributed by atoms with Gasteiger partial charge in [0.05, 0.1) is 43.4 Å². The fraction of sp³-hybridized carbons (Fsp3) is 0.500. The van der Waals surface area contributed by atoms with Gasteiger partial charge < -0.3 is 33.5 Å². The number of amides is 1. The third-order valence-electron chi connectivity index (χ3n) is 14.6. The van der Waals surface area contributed by atoms with Crippen molar-refractivity contribution < 1.29 is 50.4 Å². The lowest BCUT2D eigenvalue weighted by Crippen LogP contribution is -2.65. The lowest BCUT2D eigenvalue weighted by Gasteiger charge is -2.48. The zero-order valence-corrected chi connectivity index (χ0v) is 40.4. The third kappa shape index (κ3) is 8.74. The Kier molecular flexibility index (Phi) is 12.1. The van der Waals surface area contributed by atoms with Crippen LogP contribution in [0.2, 0.25) is 0 Å². The second-order valence-electron chi connectivity index (χ2n) is 20.4. The van der Waals surface area contributed by atoms with Gasteiger partial charge in [0.15, 0.2) is 5.82 Å². The number of rotatable bonds is 11. The highest BCUT2D eigenvalue weighted by Gasteiger charge is 2.54. The maximum Gasteiger partial charge on any atom is 0.417 e. The van der Waals surface area contributed by atoms with Crippen LogP contribution in [0.3, 0.4) is 0 Å². The summed E-state index contributed by atoms with van der Waals surface area (Å²) in [6.45, 7) is 10.4. The van der Waals surface area contributed by atoms with Gasteiger partial charge in [-0.15, -0.1) is 0 Å². The van der Waals surface area contributed by atoms with Gasteiger partial charge in [0, 0.05) is 43.9 Å². The number of alkyl halides is 4. The minimum Gasteiger partial charge on any atom is -0.497 e. The standard InChI is InChI=1S/C52H58F5N7O6/c1-29-21-35(61(24-31-9-14-36(66-6)15-10-31)25-32-11-16-37(67-7)17-12-32)22-38(41(29)52(55,56)57)43-42(54)44-40-46(60-48(59-44)68-28-51-19-8-20-62(51)26-33(53)23-51)63-27-34-13-18-39(45(63)30(2)69-47(40)58-43)64(34)49(65)70-50(3,4)5/h9-12,14-17,21-22,30,33-34,39,45H,8,13,18-20,23-28H2,1-7H3/t30-,33+,34+,39-,45+,51-/m0/s1. The van der Waals surface area contributed by atoms with Crippen LogP contribution >= 0.6 is 0 Å². The van der Waals surface area contributed by atoms with Crippen molar-refractivity contribution in [2.45, 2.75) is 128 Å². The molecule has 0 unspecified atom stereocenters. The Morgan fingerprint density at radius 1 is 0.929 bits per heavy atom. The Morgan fingerprint density at radius 3 is 2.23 bits per heavy atom. The number of nitrogens with zero attached hydrogens (tertiary/aromatic N) is 7. The van der Waals surface area contributed by atoms with Crippen molar-refractivity contribution in [1.82, 2.24) is 24.8 Å². The van der Waals surface area contributed by atoms with Crippen LogP contribution in [0.5, 0.6) is 23.4 Å². The molecule has 0 aliphatic carbocycles. The summed E-state index contributed by atoms with van der Waals surface area (Å²) in [5.41, 5.74) is -2.00. The zero-order chi connectivity index (χ0) is 49.4. The lowest BCUT2D eigenvalue weighted by molar-refractivity contribution is -0.137. The Morgan fingerprint density at radius 2 is 1.60 bits per heavy atom. The number of fused-ring (bicyclic) bond motifs is 6. The molecule has 6 atom stereocenters. The van der Waals surface area contributed by atoms with E-state index in [1.54, 1.807) is 46.8 Å². The number of methoxy groups -OCH3 is 2. The molecule has 3 aromatic carbocycles. The summed E-state index contributed by atoms with van der Waals surface area (Å²) in [6.07, 6.45) is -4.14. The molecule has 5 aliphatic heterocycles. The van der Waals surface area contributed by atoms with Gasteiger partial charge in [0.2, 0.25) is 5.88 Å². The smallest absolute Gasteiger partial charge is 0.417 e. The van der Waals surface area contributed by atoms with E-state index >= 15 is 17.6 Å². The molecule has 0 N–H and O–H groups in total. The van der Waals surface area contributed by atoms with Crippen LogP contribution in [0, 0.1) is 12.7 Å². The topological polar surface area (TPSA) is 115 Å². The van der Waals surface area contributed by atoms with Crippen LogP contribution in [0.25, 0.3) is 22.2 Å². The fourth-order valence-corrected chi connectivity index (χ4v) is 11.6. The number of benzene rings is 3. The minimum absolute atomic E-state index is 0.0243. The number of anilines is 2. The second kappa shape index (κ2) is 17.9. The van der Waals surface area contributed by atoms with E-state index in [1.165, 1.54) is 19.1 Å². The van der Waals surface area contributed by atoms with E-state index in [-0.39, 0.29) is 79.4 Å². The van der Waals surface area contributed by atoms with E-state index in [2.05, 4.69) is 9.88 Å². The monoisotopic (exact) mass is 971 g/mol. The molecular formula is C52H58F5N7O6. The van der Waals surface area contributed by atoms with Gasteiger partial charge in [-0.05, 0) is 120 Å². The number of carbonyl (C=O) groups is 1. The second-order valence-corrected chi connectivity index (χ2v) is 20.4. The van der Waals surface area contributed by atoms with Gasteiger partial charge in [-0.3, -0.25) is 9.80 Å². The van der Waals surface area contributed by atoms with Crippen LogP contribution < -0.4 is 28.7 Å². The summed E-state index contributed by atoms with van der Waals surface area (Å²) < 4.78 is 110.